The SMILES string of the molecule is CNC(=O)C(CCC=O)N1CCCc2c(N3CCN(C(=O)OC(C)(C)C)CC3)cccc21. The number of aldehydes is 1. The molecule has 2 aliphatic rings. The fourth-order valence-electron chi connectivity index (χ4n) is 4.53. The van der Waals surface area contributed by atoms with Crippen molar-refractivity contribution in [1.82, 2.24) is 10.2 Å². The van der Waals surface area contributed by atoms with Crippen molar-refractivity contribution in [2.75, 3.05) is 49.6 Å². The van der Waals surface area contributed by atoms with Crippen LogP contribution in [0.4, 0.5) is 16.2 Å². The topological polar surface area (TPSA) is 82.2 Å². The van der Waals surface area contributed by atoms with Gasteiger partial charge >= 0.3 is 6.09 Å². The molecular formula is C24H36N4O4. The van der Waals surface area contributed by atoms with Crippen LogP contribution in [0.5, 0.6) is 0 Å². The summed E-state index contributed by atoms with van der Waals surface area (Å²) >= 11 is 0. The van der Waals surface area contributed by atoms with E-state index in [9.17, 15) is 14.4 Å². The molecule has 1 atom stereocenters. The highest BCUT2D eigenvalue weighted by atomic mass is 16.6. The van der Waals surface area contributed by atoms with Crippen molar-refractivity contribution in [3.8, 4) is 0 Å². The first-order valence-electron chi connectivity index (χ1n) is 11.5. The Kier molecular flexibility index (Phi) is 7.64. The van der Waals surface area contributed by atoms with Crippen molar-refractivity contribution in [2.24, 2.45) is 0 Å². The normalized spacial score (nSPS) is 17.4. The Hall–Kier alpha value is -2.77. The maximum atomic E-state index is 12.6. The number of likely N-dealkylation sites (N-methyl/N-ethyl adjacent to an activating group) is 1. The highest BCUT2D eigenvalue weighted by Crippen LogP contribution is 2.37. The number of nitrogens with zero attached hydrogens (tertiary/aromatic N) is 3. The number of rotatable bonds is 6. The zero-order chi connectivity index (χ0) is 23.3. The van der Waals surface area contributed by atoms with E-state index < -0.39 is 5.60 Å². The van der Waals surface area contributed by atoms with Gasteiger partial charge in [-0.15, -0.1) is 0 Å². The summed E-state index contributed by atoms with van der Waals surface area (Å²) in [5, 5.41) is 2.76. The number of ether oxygens (including phenoxy) is 1. The predicted molar refractivity (Wildman–Crippen MR) is 125 cm³/mol. The second-order valence-corrected chi connectivity index (χ2v) is 9.40. The minimum atomic E-state index is -0.499. The lowest BCUT2D eigenvalue weighted by atomic mass is 9.95. The van der Waals surface area contributed by atoms with E-state index in [4.69, 9.17) is 4.74 Å². The smallest absolute Gasteiger partial charge is 0.410 e. The third kappa shape index (κ3) is 5.53. The van der Waals surface area contributed by atoms with Crippen molar-refractivity contribution in [1.29, 1.82) is 0 Å². The first-order chi connectivity index (χ1) is 15.2. The minimum Gasteiger partial charge on any atom is -0.444 e. The summed E-state index contributed by atoms with van der Waals surface area (Å²) in [5.41, 5.74) is 2.98. The van der Waals surface area contributed by atoms with E-state index >= 15 is 0 Å². The summed E-state index contributed by atoms with van der Waals surface area (Å²) in [5.74, 6) is -0.0592. The zero-order valence-electron chi connectivity index (χ0n) is 19.7. The van der Waals surface area contributed by atoms with Gasteiger partial charge in [0, 0.05) is 57.6 Å². The molecule has 0 radical (unpaired) electrons. The van der Waals surface area contributed by atoms with Gasteiger partial charge in [0.05, 0.1) is 0 Å². The van der Waals surface area contributed by atoms with Gasteiger partial charge in [0.1, 0.15) is 17.9 Å². The maximum Gasteiger partial charge on any atom is 0.410 e. The Labute approximate surface area is 190 Å². The predicted octanol–water partition coefficient (Wildman–Crippen LogP) is 2.59. The van der Waals surface area contributed by atoms with Gasteiger partial charge in [-0.05, 0) is 57.7 Å². The van der Waals surface area contributed by atoms with Gasteiger partial charge in [-0.3, -0.25) is 4.79 Å². The lowest BCUT2D eigenvalue weighted by Crippen LogP contribution is -2.51. The molecule has 1 aromatic rings. The quantitative estimate of drug-likeness (QED) is 0.679. The molecule has 1 unspecified atom stereocenters. The van der Waals surface area contributed by atoms with E-state index in [0.717, 1.165) is 44.4 Å². The number of hydrogen-bond acceptors (Lipinski definition) is 6. The van der Waals surface area contributed by atoms with Gasteiger partial charge in [0.25, 0.3) is 0 Å². The molecule has 32 heavy (non-hydrogen) atoms. The second-order valence-electron chi connectivity index (χ2n) is 9.40. The average Bonchev–Trinajstić information content (AvgIpc) is 2.77. The van der Waals surface area contributed by atoms with Crippen LogP contribution in [0.15, 0.2) is 18.2 Å². The summed E-state index contributed by atoms with van der Waals surface area (Å²) in [4.78, 5) is 42.2. The van der Waals surface area contributed by atoms with Crippen LogP contribution in [0.25, 0.3) is 0 Å². The van der Waals surface area contributed by atoms with Gasteiger partial charge < -0.3 is 29.5 Å². The lowest BCUT2D eigenvalue weighted by Gasteiger charge is -2.41. The number of anilines is 2. The molecule has 0 bridgehead atoms. The van der Waals surface area contributed by atoms with Gasteiger partial charge in [-0.1, -0.05) is 6.07 Å². The number of fused-ring (bicyclic) bond motifs is 1. The number of carbonyl (C=O) groups is 3. The lowest BCUT2D eigenvalue weighted by molar-refractivity contribution is -0.122. The Morgan fingerprint density at radius 2 is 1.81 bits per heavy atom. The van der Waals surface area contributed by atoms with Crippen molar-refractivity contribution < 1.29 is 19.1 Å². The largest absolute Gasteiger partial charge is 0.444 e. The van der Waals surface area contributed by atoms with Gasteiger partial charge in [0.2, 0.25) is 5.91 Å². The van der Waals surface area contributed by atoms with Crippen LogP contribution in [-0.4, -0.2) is 74.6 Å². The third-order valence-corrected chi connectivity index (χ3v) is 6.02. The summed E-state index contributed by atoms with van der Waals surface area (Å²) in [6.07, 6.45) is 3.37. The van der Waals surface area contributed by atoms with Gasteiger partial charge in [0.15, 0.2) is 0 Å². The maximum absolute atomic E-state index is 12.6. The van der Waals surface area contributed by atoms with E-state index in [-0.39, 0.29) is 18.0 Å². The summed E-state index contributed by atoms with van der Waals surface area (Å²) in [6, 6.07) is 5.88. The molecule has 1 saturated heterocycles. The first-order valence-corrected chi connectivity index (χ1v) is 11.5. The Morgan fingerprint density at radius 3 is 2.44 bits per heavy atom. The van der Waals surface area contributed by atoms with Crippen LogP contribution in [0.2, 0.25) is 0 Å². The molecule has 176 valence electrons. The number of hydrogen-bond donors (Lipinski definition) is 1. The molecule has 1 N–H and O–H groups in total. The Balaban J connectivity index is 1.77. The molecular weight excluding hydrogens is 408 g/mol. The molecule has 0 spiro atoms. The van der Waals surface area contributed by atoms with Crippen molar-refractivity contribution in [3.05, 3.63) is 23.8 Å². The van der Waals surface area contributed by atoms with Gasteiger partial charge in [-0.2, -0.15) is 0 Å². The van der Waals surface area contributed by atoms with Crippen molar-refractivity contribution in [3.63, 3.8) is 0 Å². The van der Waals surface area contributed by atoms with Crippen molar-refractivity contribution >= 4 is 29.7 Å². The third-order valence-electron chi connectivity index (χ3n) is 6.02. The number of nitrogens with one attached hydrogen (secondary N) is 1. The Bertz CT molecular complexity index is 828. The number of carbonyl (C=O) groups excluding carboxylic acids is 3. The van der Waals surface area contributed by atoms with Crippen LogP contribution in [-0.2, 0) is 20.7 Å². The molecule has 3 rings (SSSR count). The first kappa shape index (κ1) is 23.9. The molecule has 0 aliphatic carbocycles. The molecule has 1 aromatic carbocycles. The second kappa shape index (κ2) is 10.2. The van der Waals surface area contributed by atoms with E-state index in [1.54, 1.807) is 11.9 Å². The van der Waals surface area contributed by atoms with E-state index in [1.165, 1.54) is 11.3 Å². The monoisotopic (exact) mass is 444 g/mol. The number of amides is 2. The Morgan fingerprint density at radius 1 is 1.12 bits per heavy atom. The van der Waals surface area contributed by atoms with Crippen LogP contribution >= 0.6 is 0 Å². The zero-order valence-corrected chi connectivity index (χ0v) is 19.7. The molecule has 8 heteroatoms. The molecule has 2 aliphatic heterocycles. The standard InChI is InChI=1S/C24H36N4O4/c1-24(2,3)32-23(31)27-15-13-26(14-16-27)19-9-5-10-20-18(19)8-6-12-28(20)21(11-7-17-29)22(30)25-4/h5,9-10,17,21H,6-8,11-16H2,1-4H3,(H,25,30). The van der Waals surface area contributed by atoms with E-state index in [2.05, 4.69) is 27.2 Å². The molecule has 8 nitrogen and oxygen atoms in total. The van der Waals surface area contributed by atoms with Crippen LogP contribution in [0.1, 0.15) is 45.6 Å². The molecule has 2 amide bonds. The van der Waals surface area contributed by atoms with Crippen LogP contribution in [0.3, 0.4) is 0 Å². The number of benzene rings is 1. The fraction of sp³-hybridized carbons (Fsp3) is 0.625. The van der Waals surface area contributed by atoms with Crippen molar-refractivity contribution in [2.45, 2.75) is 58.1 Å². The minimum absolute atomic E-state index is 0.0592. The van der Waals surface area contributed by atoms with E-state index in [1.807, 2.05) is 26.8 Å². The summed E-state index contributed by atoms with van der Waals surface area (Å²) in [6.45, 7) is 9.13. The van der Waals surface area contributed by atoms with Gasteiger partial charge in [-0.25, -0.2) is 4.79 Å². The molecule has 2 heterocycles. The highest BCUT2D eigenvalue weighted by Gasteiger charge is 2.32. The molecule has 0 saturated carbocycles. The number of piperazine rings is 1. The average molecular weight is 445 g/mol. The summed E-state index contributed by atoms with van der Waals surface area (Å²) in [7, 11) is 1.64. The highest BCUT2D eigenvalue weighted by molar-refractivity contribution is 5.86. The fourth-order valence-corrected chi connectivity index (χ4v) is 4.53. The molecule has 1 fully saturated rings. The molecule has 0 aromatic heterocycles. The van der Waals surface area contributed by atoms with Crippen LogP contribution in [0, 0.1) is 0 Å². The summed E-state index contributed by atoms with van der Waals surface area (Å²) < 4.78 is 5.51. The van der Waals surface area contributed by atoms with E-state index in [0.29, 0.717) is 25.9 Å². The van der Waals surface area contributed by atoms with Crippen LogP contribution < -0.4 is 15.1 Å².